The number of nitrogens with zero attached hydrogens (tertiary/aromatic N) is 1. The van der Waals surface area contributed by atoms with Gasteiger partial charge in [0.1, 0.15) is 10.1 Å². The maximum absolute atomic E-state index is 12.0. The molecule has 0 aliphatic carbocycles. The summed E-state index contributed by atoms with van der Waals surface area (Å²) in [5.41, 5.74) is 0.736. The number of β-amino-alcohol motifs (C(OH)–C–C–N with tert-alkyl or cyclic N) is 1. The zero-order chi connectivity index (χ0) is 13.1. The number of thioether (sulfide) groups is 1. The van der Waals surface area contributed by atoms with E-state index in [9.17, 15) is 9.90 Å². The van der Waals surface area contributed by atoms with E-state index in [0.29, 0.717) is 9.23 Å². The Labute approximate surface area is 114 Å². The van der Waals surface area contributed by atoms with Gasteiger partial charge in [0, 0.05) is 0 Å². The maximum atomic E-state index is 12.0. The number of carbonyl (C=O) groups is 1. The summed E-state index contributed by atoms with van der Waals surface area (Å²) in [4.78, 5) is 13.8. The minimum absolute atomic E-state index is 0.119. The second-order valence-corrected chi connectivity index (χ2v) is 5.33. The standard InChI is InChI=1S/C12H11NO3S2/c14-5-4-13-11(16)10(18-12(13)17)7-8-2-1-3-9(15)6-8/h1-3,6-7,14-15H,4-5H2/b10-7-. The molecule has 0 aromatic heterocycles. The van der Waals surface area contributed by atoms with Crippen LogP contribution in [-0.2, 0) is 4.79 Å². The fraction of sp³-hybridized carbons (Fsp3) is 0.167. The van der Waals surface area contributed by atoms with Gasteiger partial charge in [0.25, 0.3) is 5.91 Å². The Kier molecular flexibility index (Phi) is 4.00. The lowest BCUT2D eigenvalue weighted by molar-refractivity contribution is -0.122. The number of amides is 1. The van der Waals surface area contributed by atoms with E-state index in [1.54, 1.807) is 30.3 Å². The molecule has 1 heterocycles. The summed E-state index contributed by atoms with van der Waals surface area (Å²) in [5.74, 6) is -0.0584. The van der Waals surface area contributed by atoms with Gasteiger partial charge in [-0.05, 0) is 23.8 Å². The molecule has 1 aliphatic rings. The Morgan fingerprint density at radius 1 is 1.44 bits per heavy atom. The van der Waals surface area contributed by atoms with Gasteiger partial charge in [0.2, 0.25) is 0 Å². The van der Waals surface area contributed by atoms with Gasteiger partial charge in [-0.2, -0.15) is 0 Å². The lowest BCUT2D eigenvalue weighted by Gasteiger charge is -2.11. The van der Waals surface area contributed by atoms with Crippen molar-refractivity contribution in [2.45, 2.75) is 0 Å². The Hall–Kier alpha value is -1.37. The van der Waals surface area contributed by atoms with Crippen LogP contribution in [-0.4, -0.2) is 38.5 Å². The van der Waals surface area contributed by atoms with E-state index in [1.807, 2.05) is 0 Å². The molecule has 0 unspecified atom stereocenters. The minimum Gasteiger partial charge on any atom is -0.508 e. The lowest BCUT2D eigenvalue weighted by Crippen LogP contribution is -2.30. The molecule has 1 aromatic carbocycles. The summed E-state index contributed by atoms with van der Waals surface area (Å²) < 4.78 is 0.445. The van der Waals surface area contributed by atoms with Crippen LogP contribution in [0.25, 0.3) is 6.08 Å². The highest BCUT2D eigenvalue weighted by atomic mass is 32.2. The summed E-state index contributed by atoms with van der Waals surface area (Å²) in [6.45, 7) is 0.0912. The number of hydrogen-bond donors (Lipinski definition) is 2. The molecule has 1 aliphatic heterocycles. The van der Waals surface area contributed by atoms with Crippen molar-refractivity contribution >= 4 is 40.3 Å². The largest absolute Gasteiger partial charge is 0.508 e. The van der Waals surface area contributed by atoms with Crippen molar-refractivity contribution in [3.05, 3.63) is 34.7 Å². The minimum atomic E-state index is -0.206. The highest BCUT2D eigenvalue weighted by Crippen LogP contribution is 2.32. The van der Waals surface area contributed by atoms with E-state index in [4.69, 9.17) is 17.3 Å². The Balaban J connectivity index is 2.25. The van der Waals surface area contributed by atoms with Gasteiger partial charge >= 0.3 is 0 Å². The molecule has 0 spiro atoms. The van der Waals surface area contributed by atoms with Gasteiger partial charge in [0.15, 0.2) is 0 Å². The molecule has 6 heteroatoms. The molecule has 4 nitrogen and oxygen atoms in total. The quantitative estimate of drug-likeness (QED) is 0.651. The number of rotatable bonds is 3. The molecule has 1 saturated heterocycles. The first-order valence-electron chi connectivity index (χ1n) is 5.27. The summed E-state index contributed by atoms with van der Waals surface area (Å²) in [6, 6.07) is 6.63. The number of hydrogen-bond acceptors (Lipinski definition) is 5. The average Bonchev–Trinajstić information content (AvgIpc) is 2.57. The van der Waals surface area contributed by atoms with Crippen molar-refractivity contribution < 1.29 is 15.0 Å². The van der Waals surface area contributed by atoms with Gasteiger partial charge in [0.05, 0.1) is 18.1 Å². The van der Waals surface area contributed by atoms with Crippen LogP contribution in [0, 0.1) is 0 Å². The molecule has 0 bridgehead atoms. The van der Waals surface area contributed by atoms with Crippen LogP contribution in [0.4, 0.5) is 0 Å². The first-order chi connectivity index (χ1) is 8.61. The van der Waals surface area contributed by atoms with Crippen molar-refractivity contribution in [3.63, 3.8) is 0 Å². The van der Waals surface area contributed by atoms with Crippen LogP contribution in [0.3, 0.4) is 0 Å². The van der Waals surface area contributed by atoms with Crippen LogP contribution >= 0.6 is 24.0 Å². The van der Waals surface area contributed by atoms with E-state index >= 15 is 0 Å². The molecule has 1 aromatic rings. The van der Waals surface area contributed by atoms with E-state index in [-0.39, 0.29) is 24.8 Å². The van der Waals surface area contributed by atoms with Crippen LogP contribution in [0.2, 0.25) is 0 Å². The monoisotopic (exact) mass is 281 g/mol. The van der Waals surface area contributed by atoms with Crippen molar-refractivity contribution in [2.24, 2.45) is 0 Å². The molecule has 94 valence electrons. The molecule has 1 amide bonds. The molecular formula is C12H11NO3S2. The van der Waals surface area contributed by atoms with Gasteiger partial charge < -0.3 is 10.2 Å². The lowest BCUT2D eigenvalue weighted by atomic mass is 10.2. The predicted molar refractivity (Wildman–Crippen MR) is 75.1 cm³/mol. The second-order valence-electron chi connectivity index (χ2n) is 3.65. The number of thiocarbonyl (C=S) groups is 1. The van der Waals surface area contributed by atoms with Crippen LogP contribution < -0.4 is 0 Å². The van der Waals surface area contributed by atoms with Crippen molar-refractivity contribution in [2.75, 3.05) is 13.2 Å². The molecule has 2 N–H and O–H groups in total. The highest BCUT2D eigenvalue weighted by Gasteiger charge is 2.31. The fourth-order valence-corrected chi connectivity index (χ4v) is 2.87. The zero-order valence-corrected chi connectivity index (χ0v) is 11.0. The van der Waals surface area contributed by atoms with Crippen LogP contribution in [0.15, 0.2) is 29.2 Å². The number of benzene rings is 1. The topological polar surface area (TPSA) is 60.8 Å². The first kappa shape index (κ1) is 13.1. The number of carbonyl (C=O) groups excluding carboxylic acids is 1. The smallest absolute Gasteiger partial charge is 0.266 e. The molecule has 2 rings (SSSR count). The van der Waals surface area contributed by atoms with Gasteiger partial charge in [-0.3, -0.25) is 9.69 Å². The SMILES string of the molecule is O=C1/C(=C/c2cccc(O)c2)SC(=S)N1CCO. The molecule has 0 saturated carbocycles. The molecular weight excluding hydrogens is 270 g/mol. The summed E-state index contributed by atoms with van der Waals surface area (Å²) in [6.07, 6.45) is 1.68. The van der Waals surface area contributed by atoms with Crippen LogP contribution in [0.5, 0.6) is 5.75 Å². The normalized spacial score (nSPS) is 17.8. The molecule has 1 fully saturated rings. The van der Waals surface area contributed by atoms with Crippen molar-refractivity contribution in [1.29, 1.82) is 0 Å². The van der Waals surface area contributed by atoms with Crippen LogP contribution in [0.1, 0.15) is 5.56 Å². The summed E-state index contributed by atoms with van der Waals surface area (Å²) in [7, 11) is 0. The number of phenols is 1. The number of aromatic hydroxyl groups is 1. The first-order valence-corrected chi connectivity index (χ1v) is 6.49. The summed E-state index contributed by atoms with van der Waals surface area (Å²) in [5, 5.41) is 18.2. The number of aliphatic hydroxyl groups excluding tert-OH is 1. The van der Waals surface area contributed by atoms with Crippen molar-refractivity contribution in [1.82, 2.24) is 4.90 Å². The molecule has 18 heavy (non-hydrogen) atoms. The number of phenolic OH excluding ortho intramolecular Hbond substituents is 1. The van der Waals surface area contributed by atoms with Gasteiger partial charge in [-0.15, -0.1) is 0 Å². The molecule has 0 radical (unpaired) electrons. The summed E-state index contributed by atoms with van der Waals surface area (Å²) >= 11 is 6.27. The van der Waals surface area contributed by atoms with Gasteiger partial charge in [-0.25, -0.2) is 0 Å². The number of aliphatic hydroxyl groups is 1. The highest BCUT2D eigenvalue weighted by molar-refractivity contribution is 8.26. The Morgan fingerprint density at radius 2 is 2.22 bits per heavy atom. The van der Waals surface area contributed by atoms with Gasteiger partial charge in [-0.1, -0.05) is 36.1 Å². The third-order valence-electron chi connectivity index (χ3n) is 2.37. The average molecular weight is 281 g/mol. The van der Waals surface area contributed by atoms with E-state index in [0.717, 1.165) is 5.56 Å². The fourth-order valence-electron chi connectivity index (χ4n) is 1.56. The zero-order valence-electron chi connectivity index (χ0n) is 9.37. The second kappa shape index (κ2) is 5.51. The van der Waals surface area contributed by atoms with Crippen molar-refractivity contribution in [3.8, 4) is 5.75 Å². The Bertz CT molecular complexity index is 528. The Morgan fingerprint density at radius 3 is 2.89 bits per heavy atom. The third kappa shape index (κ3) is 2.72. The molecule has 0 atom stereocenters. The maximum Gasteiger partial charge on any atom is 0.266 e. The van der Waals surface area contributed by atoms with E-state index in [1.165, 1.54) is 16.7 Å². The third-order valence-corrected chi connectivity index (χ3v) is 3.74. The van der Waals surface area contributed by atoms with E-state index < -0.39 is 0 Å². The predicted octanol–water partition coefficient (Wildman–Crippen LogP) is 1.59. The van der Waals surface area contributed by atoms with E-state index in [2.05, 4.69) is 0 Å².